The van der Waals surface area contributed by atoms with Gasteiger partial charge in [0, 0.05) is 16.9 Å². The average Bonchev–Trinajstić information content (AvgIpc) is 3.47. The van der Waals surface area contributed by atoms with Crippen LogP contribution < -0.4 is 0 Å². The van der Waals surface area contributed by atoms with E-state index in [1.165, 1.54) is 0 Å². The molecule has 6 aromatic rings. The van der Waals surface area contributed by atoms with Gasteiger partial charge in [-0.15, -0.1) is 0 Å². The van der Waals surface area contributed by atoms with Crippen LogP contribution in [0.3, 0.4) is 0 Å². The molecule has 4 nitrogen and oxygen atoms in total. The predicted molar refractivity (Wildman–Crippen MR) is 129 cm³/mol. The maximum Gasteiger partial charge on any atom is 0.182 e. The summed E-state index contributed by atoms with van der Waals surface area (Å²) in [5, 5.41) is 0. The van der Waals surface area contributed by atoms with Gasteiger partial charge in [0.05, 0.1) is 22.9 Å². The van der Waals surface area contributed by atoms with E-state index in [1.807, 2.05) is 66.9 Å². The largest absolute Gasteiger partial charge is 0.290 e. The number of benzene rings is 4. The van der Waals surface area contributed by atoms with Crippen LogP contribution >= 0.6 is 0 Å². The Morgan fingerprint density at radius 2 is 1.06 bits per heavy atom. The first-order valence-electron chi connectivity index (χ1n) is 10.6. The van der Waals surface area contributed by atoms with Crippen LogP contribution in [-0.4, -0.2) is 19.1 Å². The minimum Gasteiger partial charge on any atom is -0.290 e. The van der Waals surface area contributed by atoms with Crippen LogP contribution in [0.1, 0.15) is 0 Å². The molecule has 0 radical (unpaired) electrons. The van der Waals surface area contributed by atoms with Crippen molar-refractivity contribution in [1.82, 2.24) is 19.1 Å². The van der Waals surface area contributed by atoms with Crippen molar-refractivity contribution in [3.8, 4) is 34.3 Å². The summed E-state index contributed by atoms with van der Waals surface area (Å²) >= 11 is 0. The van der Waals surface area contributed by atoms with E-state index in [4.69, 9.17) is 9.97 Å². The summed E-state index contributed by atoms with van der Waals surface area (Å²) in [6.45, 7) is 0. The van der Waals surface area contributed by atoms with Crippen LogP contribution in [0.15, 0.2) is 121 Å². The van der Waals surface area contributed by atoms with E-state index in [1.54, 1.807) is 0 Å². The van der Waals surface area contributed by atoms with Crippen molar-refractivity contribution < 1.29 is 0 Å². The zero-order valence-corrected chi connectivity index (χ0v) is 17.3. The lowest BCUT2D eigenvalue weighted by Crippen LogP contribution is -2.05. The van der Waals surface area contributed by atoms with E-state index < -0.39 is 0 Å². The second-order valence-electron chi connectivity index (χ2n) is 7.60. The lowest BCUT2D eigenvalue weighted by molar-refractivity contribution is 1.00. The maximum atomic E-state index is 5.03. The molecule has 2 aromatic heterocycles. The third-order valence-corrected chi connectivity index (χ3v) is 5.62. The van der Waals surface area contributed by atoms with Crippen LogP contribution in [-0.2, 0) is 0 Å². The summed E-state index contributed by atoms with van der Waals surface area (Å²) in [6, 6.07) is 39.2. The van der Waals surface area contributed by atoms with Gasteiger partial charge in [-0.3, -0.25) is 9.13 Å². The number of hydrogen-bond acceptors (Lipinski definition) is 2. The summed E-state index contributed by atoms with van der Waals surface area (Å²) in [6.07, 6.45) is 1.94. The highest BCUT2D eigenvalue weighted by molar-refractivity contribution is 5.83. The standard InChI is InChI=1S/C28H20N4/c1-4-12-21(13-5-1)26-20-29-27(32(26)23-16-8-3-9-17-23)28-30-24-18-10-11-19-25(24)31(28)22-14-6-2-7-15-22/h1-20H. The Morgan fingerprint density at radius 3 is 1.75 bits per heavy atom. The average molecular weight is 412 g/mol. The highest BCUT2D eigenvalue weighted by Gasteiger charge is 2.21. The summed E-state index contributed by atoms with van der Waals surface area (Å²) < 4.78 is 4.38. The molecule has 0 aliphatic carbocycles. The number of imidazole rings is 2. The van der Waals surface area contributed by atoms with Crippen LogP contribution in [0.2, 0.25) is 0 Å². The molecule has 0 fully saturated rings. The molecule has 32 heavy (non-hydrogen) atoms. The molecule has 0 N–H and O–H groups in total. The number of aromatic nitrogens is 4. The zero-order valence-electron chi connectivity index (χ0n) is 17.3. The Kier molecular flexibility index (Phi) is 4.40. The third kappa shape index (κ3) is 3.01. The summed E-state index contributed by atoms with van der Waals surface area (Å²) in [5.74, 6) is 1.61. The molecule has 0 bridgehead atoms. The van der Waals surface area contributed by atoms with E-state index in [-0.39, 0.29) is 0 Å². The van der Waals surface area contributed by atoms with Gasteiger partial charge < -0.3 is 0 Å². The van der Waals surface area contributed by atoms with Crippen LogP contribution in [0.5, 0.6) is 0 Å². The second-order valence-corrected chi connectivity index (χ2v) is 7.60. The van der Waals surface area contributed by atoms with E-state index in [0.29, 0.717) is 0 Å². The number of hydrogen-bond donors (Lipinski definition) is 0. The summed E-state index contributed by atoms with van der Waals surface area (Å²) in [7, 11) is 0. The van der Waals surface area contributed by atoms with E-state index in [2.05, 4.69) is 63.7 Å². The number of para-hydroxylation sites is 4. The van der Waals surface area contributed by atoms with Gasteiger partial charge in [0.15, 0.2) is 11.6 Å². The second kappa shape index (κ2) is 7.67. The van der Waals surface area contributed by atoms with Crippen LogP contribution in [0.4, 0.5) is 0 Å². The number of rotatable bonds is 4. The van der Waals surface area contributed by atoms with Gasteiger partial charge >= 0.3 is 0 Å². The molecule has 0 saturated carbocycles. The topological polar surface area (TPSA) is 35.6 Å². The van der Waals surface area contributed by atoms with Crippen molar-refractivity contribution in [3.05, 3.63) is 121 Å². The monoisotopic (exact) mass is 412 g/mol. The molecule has 0 unspecified atom stereocenters. The molecule has 0 aliphatic rings. The third-order valence-electron chi connectivity index (χ3n) is 5.62. The molecule has 6 rings (SSSR count). The molecule has 0 saturated heterocycles. The summed E-state index contributed by atoms with van der Waals surface area (Å²) in [4.78, 5) is 9.93. The first kappa shape index (κ1) is 18.3. The summed E-state index contributed by atoms with van der Waals surface area (Å²) in [5.41, 5.74) is 6.23. The Labute approximate surface area is 186 Å². The van der Waals surface area contributed by atoms with Crippen molar-refractivity contribution in [2.75, 3.05) is 0 Å². The normalized spacial score (nSPS) is 11.1. The van der Waals surface area contributed by atoms with Crippen molar-refractivity contribution in [2.45, 2.75) is 0 Å². The predicted octanol–water partition coefficient (Wildman–Crippen LogP) is 6.55. The molecule has 4 aromatic carbocycles. The first-order valence-corrected chi connectivity index (χ1v) is 10.6. The van der Waals surface area contributed by atoms with Crippen molar-refractivity contribution in [3.63, 3.8) is 0 Å². The van der Waals surface area contributed by atoms with Gasteiger partial charge in [0.1, 0.15) is 0 Å². The van der Waals surface area contributed by atoms with E-state index in [9.17, 15) is 0 Å². The Morgan fingerprint density at radius 1 is 0.500 bits per heavy atom. The Hall–Kier alpha value is -4.44. The van der Waals surface area contributed by atoms with E-state index >= 15 is 0 Å². The smallest absolute Gasteiger partial charge is 0.182 e. The maximum absolute atomic E-state index is 5.03. The van der Waals surface area contributed by atoms with Crippen molar-refractivity contribution >= 4 is 11.0 Å². The van der Waals surface area contributed by atoms with Gasteiger partial charge in [-0.1, -0.05) is 78.9 Å². The molecule has 0 aliphatic heterocycles. The molecular weight excluding hydrogens is 392 g/mol. The Bertz CT molecular complexity index is 1500. The molecule has 0 spiro atoms. The number of nitrogens with zero attached hydrogens (tertiary/aromatic N) is 4. The highest BCUT2D eigenvalue weighted by atomic mass is 15.2. The highest BCUT2D eigenvalue weighted by Crippen LogP contribution is 2.33. The first-order chi connectivity index (χ1) is 15.9. The molecule has 0 atom stereocenters. The fourth-order valence-electron chi connectivity index (χ4n) is 4.17. The fourth-order valence-corrected chi connectivity index (χ4v) is 4.17. The van der Waals surface area contributed by atoms with Gasteiger partial charge in [-0.2, -0.15) is 0 Å². The minimum atomic E-state index is 0.801. The molecule has 152 valence electrons. The van der Waals surface area contributed by atoms with Gasteiger partial charge in [-0.05, 0) is 36.4 Å². The molecular formula is C28H20N4. The lowest BCUT2D eigenvalue weighted by atomic mass is 10.1. The SMILES string of the molecule is c1ccc(-c2cnc(-c3nc4ccccc4n3-c3ccccc3)n2-c2ccccc2)cc1. The van der Waals surface area contributed by atoms with Crippen molar-refractivity contribution in [1.29, 1.82) is 0 Å². The molecule has 4 heteroatoms. The van der Waals surface area contributed by atoms with Gasteiger partial charge in [0.2, 0.25) is 0 Å². The van der Waals surface area contributed by atoms with Gasteiger partial charge in [0.25, 0.3) is 0 Å². The minimum absolute atomic E-state index is 0.801. The van der Waals surface area contributed by atoms with Gasteiger partial charge in [-0.25, -0.2) is 9.97 Å². The molecule has 0 amide bonds. The van der Waals surface area contributed by atoms with Crippen molar-refractivity contribution in [2.24, 2.45) is 0 Å². The molecule has 2 heterocycles. The lowest BCUT2D eigenvalue weighted by Gasteiger charge is -2.14. The zero-order chi connectivity index (χ0) is 21.3. The number of fused-ring (bicyclic) bond motifs is 1. The fraction of sp³-hybridized carbons (Fsp3) is 0. The Balaban J connectivity index is 1.68. The quantitative estimate of drug-likeness (QED) is 0.329. The van der Waals surface area contributed by atoms with Crippen LogP contribution in [0, 0.1) is 0 Å². The van der Waals surface area contributed by atoms with E-state index in [0.717, 1.165) is 45.3 Å². The van der Waals surface area contributed by atoms with Crippen LogP contribution in [0.25, 0.3) is 45.3 Å².